The fourth-order valence-electron chi connectivity index (χ4n) is 2.00. The molecule has 0 aromatic carbocycles. The van der Waals surface area contributed by atoms with Crippen LogP contribution in [0.3, 0.4) is 0 Å². The molecule has 1 heterocycles. The highest BCUT2D eigenvalue weighted by molar-refractivity contribution is 5.84. The monoisotopic (exact) mass is 297 g/mol. The van der Waals surface area contributed by atoms with E-state index in [9.17, 15) is 9.59 Å². The number of carbonyl (C=O) groups is 2. The van der Waals surface area contributed by atoms with Crippen molar-refractivity contribution < 1.29 is 19.4 Å². The molecule has 7 heteroatoms. The molecular weight excluding hydrogens is 274 g/mol. The van der Waals surface area contributed by atoms with E-state index in [2.05, 4.69) is 10.4 Å². The van der Waals surface area contributed by atoms with Crippen LogP contribution in [0, 0.1) is 13.8 Å². The van der Waals surface area contributed by atoms with Crippen molar-refractivity contribution in [2.24, 2.45) is 7.05 Å². The Bertz CT molecular complexity index is 511. The predicted molar refractivity (Wildman–Crippen MR) is 77.3 cm³/mol. The number of aryl methyl sites for hydroxylation is 2. The minimum atomic E-state index is -1.02. The smallest absolute Gasteiger partial charge is 0.326 e. The quantitative estimate of drug-likeness (QED) is 0.751. The Morgan fingerprint density at radius 1 is 1.43 bits per heavy atom. The van der Waals surface area contributed by atoms with Gasteiger partial charge in [0.15, 0.2) is 12.4 Å². The predicted octanol–water partition coefficient (Wildman–Crippen LogP) is 1.18. The van der Waals surface area contributed by atoms with Crippen LogP contribution >= 0.6 is 0 Å². The van der Waals surface area contributed by atoms with Crippen LogP contribution in [-0.2, 0) is 16.6 Å². The van der Waals surface area contributed by atoms with Gasteiger partial charge in [-0.3, -0.25) is 9.48 Å². The summed E-state index contributed by atoms with van der Waals surface area (Å²) >= 11 is 0. The van der Waals surface area contributed by atoms with Gasteiger partial charge in [-0.05, 0) is 20.3 Å². The van der Waals surface area contributed by atoms with Crippen LogP contribution in [0.2, 0.25) is 0 Å². The first-order chi connectivity index (χ1) is 9.86. The number of amides is 1. The van der Waals surface area contributed by atoms with Gasteiger partial charge in [-0.25, -0.2) is 4.79 Å². The maximum atomic E-state index is 11.8. The molecule has 1 amide bonds. The van der Waals surface area contributed by atoms with E-state index in [1.165, 1.54) is 0 Å². The molecule has 1 aromatic heterocycles. The Morgan fingerprint density at radius 3 is 2.57 bits per heavy atom. The number of nitrogens with one attached hydrogen (secondary N) is 1. The third-order valence-corrected chi connectivity index (χ3v) is 3.27. The highest BCUT2D eigenvalue weighted by Crippen LogP contribution is 2.21. The van der Waals surface area contributed by atoms with Crippen LogP contribution in [0.4, 0.5) is 0 Å². The van der Waals surface area contributed by atoms with E-state index < -0.39 is 17.9 Å². The van der Waals surface area contributed by atoms with E-state index in [4.69, 9.17) is 9.84 Å². The molecule has 0 aliphatic rings. The molecule has 0 radical (unpaired) electrons. The molecule has 1 rings (SSSR count). The number of carboxylic acid groups (broad SMARTS) is 1. The third-order valence-electron chi connectivity index (χ3n) is 3.27. The van der Waals surface area contributed by atoms with Gasteiger partial charge >= 0.3 is 5.97 Å². The molecule has 118 valence electrons. The number of aromatic nitrogens is 2. The summed E-state index contributed by atoms with van der Waals surface area (Å²) in [4.78, 5) is 22.9. The first-order valence-corrected chi connectivity index (χ1v) is 7.02. The van der Waals surface area contributed by atoms with Gasteiger partial charge in [0.1, 0.15) is 11.7 Å². The first-order valence-electron chi connectivity index (χ1n) is 7.02. The lowest BCUT2D eigenvalue weighted by Crippen LogP contribution is -2.42. The first kappa shape index (κ1) is 17.0. The minimum Gasteiger partial charge on any atom is -0.480 e. The van der Waals surface area contributed by atoms with Crippen molar-refractivity contribution in [2.45, 2.75) is 46.1 Å². The lowest BCUT2D eigenvalue weighted by Gasteiger charge is -2.14. The Balaban J connectivity index is 2.54. The number of ether oxygens (including phenoxy) is 1. The van der Waals surface area contributed by atoms with Crippen molar-refractivity contribution in [2.75, 3.05) is 6.61 Å². The molecule has 0 unspecified atom stereocenters. The number of aliphatic carboxylic acids is 1. The summed E-state index contributed by atoms with van der Waals surface area (Å²) in [5.74, 6) is -0.903. The molecule has 7 nitrogen and oxygen atoms in total. The number of carboxylic acids is 1. The highest BCUT2D eigenvalue weighted by Gasteiger charge is 2.20. The zero-order chi connectivity index (χ0) is 16.0. The second-order valence-corrected chi connectivity index (χ2v) is 5.01. The summed E-state index contributed by atoms with van der Waals surface area (Å²) in [6, 6.07) is -0.864. The number of nitrogens with zero attached hydrogens (tertiary/aromatic N) is 2. The second kappa shape index (κ2) is 7.66. The molecule has 0 aliphatic carbocycles. The molecule has 0 bridgehead atoms. The molecular formula is C14H23N3O4. The molecule has 21 heavy (non-hydrogen) atoms. The number of hydrogen-bond donors (Lipinski definition) is 2. The summed E-state index contributed by atoms with van der Waals surface area (Å²) < 4.78 is 7.12. The Kier molecular flexibility index (Phi) is 6.20. The van der Waals surface area contributed by atoms with Gasteiger partial charge in [0, 0.05) is 7.05 Å². The average molecular weight is 297 g/mol. The van der Waals surface area contributed by atoms with E-state index in [0.29, 0.717) is 17.9 Å². The van der Waals surface area contributed by atoms with Gasteiger partial charge < -0.3 is 15.2 Å². The molecule has 0 spiro atoms. The van der Waals surface area contributed by atoms with Crippen LogP contribution in [0.25, 0.3) is 0 Å². The highest BCUT2D eigenvalue weighted by atomic mass is 16.5. The van der Waals surface area contributed by atoms with Crippen molar-refractivity contribution in [1.82, 2.24) is 15.1 Å². The van der Waals surface area contributed by atoms with Gasteiger partial charge in [-0.15, -0.1) is 0 Å². The maximum absolute atomic E-state index is 11.8. The summed E-state index contributed by atoms with van der Waals surface area (Å²) in [6.45, 7) is 5.39. The van der Waals surface area contributed by atoms with E-state index >= 15 is 0 Å². The fourth-order valence-corrected chi connectivity index (χ4v) is 2.00. The van der Waals surface area contributed by atoms with Crippen LogP contribution in [0.15, 0.2) is 0 Å². The molecule has 2 N–H and O–H groups in total. The average Bonchev–Trinajstić information content (AvgIpc) is 2.66. The number of rotatable bonds is 8. The van der Waals surface area contributed by atoms with E-state index in [1.54, 1.807) is 18.7 Å². The van der Waals surface area contributed by atoms with Crippen molar-refractivity contribution in [3.05, 3.63) is 11.4 Å². The van der Waals surface area contributed by atoms with E-state index in [-0.39, 0.29) is 6.61 Å². The van der Waals surface area contributed by atoms with Gasteiger partial charge in [0.25, 0.3) is 5.91 Å². The number of hydrogen-bond acceptors (Lipinski definition) is 4. The van der Waals surface area contributed by atoms with Gasteiger partial charge in [0.05, 0.1) is 5.69 Å². The molecule has 1 atom stereocenters. The topological polar surface area (TPSA) is 93.5 Å². The fraction of sp³-hybridized carbons (Fsp3) is 0.643. The standard InChI is InChI=1S/C14H23N3O4/c1-5-6-7-11(14(19)20)15-12(18)8-21-13-9(2)16-17(4)10(13)3/h11H,5-8H2,1-4H3,(H,15,18)(H,19,20)/t11-/m0/s1. The molecule has 0 fully saturated rings. The summed E-state index contributed by atoms with van der Waals surface area (Å²) in [7, 11) is 1.79. The summed E-state index contributed by atoms with van der Waals surface area (Å²) in [5.41, 5.74) is 1.52. The van der Waals surface area contributed by atoms with Crippen LogP contribution < -0.4 is 10.1 Å². The van der Waals surface area contributed by atoms with Crippen LogP contribution in [-0.4, -0.2) is 39.4 Å². The Hall–Kier alpha value is -2.05. The normalized spacial score (nSPS) is 12.0. The third kappa shape index (κ3) is 4.77. The number of carbonyl (C=O) groups excluding carboxylic acids is 1. The zero-order valence-corrected chi connectivity index (χ0v) is 13.0. The lowest BCUT2D eigenvalue weighted by molar-refractivity contribution is -0.142. The molecule has 0 aliphatic heterocycles. The lowest BCUT2D eigenvalue weighted by atomic mass is 10.1. The van der Waals surface area contributed by atoms with Crippen LogP contribution in [0.1, 0.15) is 37.6 Å². The maximum Gasteiger partial charge on any atom is 0.326 e. The molecule has 0 saturated heterocycles. The van der Waals surface area contributed by atoms with Gasteiger partial charge in [-0.1, -0.05) is 19.8 Å². The second-order valence-electron chi connectivity index (χ2n) is 5.01. The molecule has 0 saturated carbocycles. The summed E-state index contributed by atoms with van der Waals surface area (Å²) in [5, 5.41) is 15.7. The van der Waals surface area contributed by atoms with E-state index in [0.717, 1.165) is 18.5 Å². The molecule has 1 aromatic rings. The van der Waals surface area contributed by atoms with Gasteiger partial charge in [-0.2, -0.15) is 5.10 Å². The van der Waals surface area contributed by atoms with Crippen LogP contribution in [0.5, 0.6) is 5.75 Å². The summed E-state index contributed by atoms with van der Waals surface area (Å²) in [6.07, 6.45) is 2.05. The van der Waals surface area contributed by atoms with Crippen molar-refractivity contribution in [3.8, 4) is 5.75 Å². The minimum absolute atomic E-state index is 0.219. The van der Waals surface area contributed by atoms with Crippen molar-refractivity contribution >= 4 is 11.9 Å². The Labute approximate surface area is 124 Å². The zero-order valence-electron chi connectivity index (χ0n) is 13.0. The Morgan fingerprint density at radius 2 is 2.10 bits per heavy atom. The van der Waals surface area contributed by atoms with Crippen molar-refractivity contribution in [1.29, 1.82) is 0 Å². The van der Waals surface area contributed by atoms with Crippen molar-refractivity contribution in [3.63, 3.8) is 0 Å². The van der Waals surface area contributed by atoms with E-state index in [1.807, 2.05) is 13.8 Å². The van der Waals surface area contributed by atoms with Gasteiger partial charge in [0.2, 0.25) is 0 Å². The number of unbranched alkanes of at least 4 members (excludes halogenated alkanes) is 1. The SMILES string of the molecule is CCCC[C@H](NC(=O)COc1c(C)nn(C)c1C)C(=O)O. The largest absolute Gasteiger partial charge is 0.480 e.